The summed E-state index contributed by atoms with van der Waals surface area (Å²) in [6, 6.07) is -0.538. The molecule has 1 saturated heterocycles. The van der Waals surface area contributed by atoms with Crippen molar-refractivity contribution in [3.05, 3.63) is 11.1 Å². The number of amides is 3. The van der Waals surface area contributed by atoms with Crippen molar-refractivity contribution >= 4 is 17.9 Å². The average Bonchev–Trinajstić information content (AvgIpc) is 2.35. The number of nitrogens with one attached hydrogen (secondary N) is 1. The third-order valence-corrected chi connectivity index (χ3v) is 3.16. The van der Waals surface area contributed by atoms with E-state index in [4.69, 9.17) is 9.84 Å². The van der Waals surface area contributed by atoms with Gasteiger partial charge < -0.3 is 14.7 Å². The molecule has 0 bridgehead atoms. The van der Waals surface area contributed by atoms with Crippen LogP contribution < -0.4 is 5.32 Å². The molecule has 1 aliphatic heterocycles. The van der Waals surface area contributed by atoms with E-state index in [-0.39, 0.29) is 11.1 Å². The minimum atomic E-state index is -1.18. The molecule has 0 spiro atoms. The first-order chi connectivity index (χ1) is 9.14. The fraction of sp³-hybridized carbons (Fsp3) is 0.615. The molecule has 3 amide bonds. The SMILES string of the molecule is CC(C(=O)O)=C(C)C(=O)NC(=O)N1CCOC(C)(C)C1. The maximum Gasteiger partial charge on any atom is 0.331 e. The molecule has 7 nitrogen and oxygen atoms in total. The molecule has 0 aromatic carbocycles. The van der Waals surface area contributed by atoms with Gasteiger partial charge in [0.25, 0.3) is 5.91 Å². The first-order valence-corrected chi connectivity index (χ1v) is 6.29. The molecule has 2 N–H and O–H groups in total. The van der Waals surface area contributed by atoms with E-state index in [1.165, 1.54) is 18.7 Å². The van der Waals surface area contributed by atoms with Gasteiger partial charge in [0, 0.05) is 17.7 Å². The van der Waals surface area contributed by atoms with E-state index in [9.17, 15) is 14.4 Å². The Balaban J connectivity index is 2.69. The second-order valence-corrected chi connectivity index (χ2v) is 5.34. The standard InChI is InChI=1S/C13H20N2O5/c1-8(9(2)11(17)18)10(16)14-12(19)15-5-6-20-13(3,4)7-15/h5-7H2,1-4H3,(H,17,18)(H,14,16,19). The zero-order valence-corrected chi connectivity index (χ0v) is 12.1. The van der Waals surface area contributed by atoms with E-state index < -0.39 is 23.5 Å². The summed E-state index contributed by atoms with van der Waals surface area (Å²) in [5, 5.41) is 11.0. The molecule has 0 unspecified atom stereocenters. The lowest BCUT2D eigenvalue weighted by Crippen LogP contribution is -2.54. The van der Waals surface area contributed by atoms with Crippen molar-refractivity contribution in [2.45, 2.75) is 33.3 Å². The van der Waals surface area contributed by atoms with E-state index in [2.05, 4.69) is 5.32 Å². The van der Waals surface area contributed by atoms with Gasteiger partial charge in [-0.05, 0) is 27.7 Å². The second kappa shape index (κ2) is 6.04. The molecule has 1 fully saturated rings. The van der Waals surface area contributed by atoms with Crippen LogP contribution in [-0.4, -0.2) is 53.2 Å². The smallest absolute Gasteiger partial charge is 0.331 e. The number of nitrogens with zero attached hydrogens (tertiary/aromatic N) is 1. The Morgan fingerprint density at radius 3 is 2.30 bits per heavy atom. The Morgan fingerprint density at radius 1 is 1.20 bits per heavy atom. The number of rotatable bonds is 2. The Labute approximate surface area is 117 Å². The number of carboxylic acid groups (broad SMARTS) is 1. The molecule has 20 heavy (non-hydrogen) atoms. The van der Waals surface area contributed by atoms with Gasteiger partial charge in [-0.1, -0.05) is 0 Å². The van der Waals surface area contributed by atoms with Gasteiger partial charge in [0.15, 0.2) is 0 Å². The summed E-state index contributed by atoms with van der Waals surface area (Å²) in [5.41, 5.74) is -0.531. The minimum absolute atomic E-state index is 0.0124. The second-order valence-electron chi connectivity index (χ2n) is 5.34. The average molecular weight is 284 g/mol. The number of morpholine rings is 1. The summed E-state index contributed by atoms with van der Waals surface area (Å²) >= 11 is 0. The van der Waals surface area contributed by atoms with Crippen molar-refractivity contribution in [1.29, 1.82) is 0 Å². The first-order valence-electron chi connectivity index (χ1n) is 6.29. The zero-order chi connectivity index (χ0) is 15.5. The number of aliphatic carboxylic acids is 1. The molecule has 0 atom stereocenters. The van der Waals surface area contributed by atoms with Crippen LogP contribution in [0.5, 0.6) is 0 Å². The number of urea groups is 1. The molecule has 1 heterocycles. The molecule has 1 rings (SSSR count). The molecule has 0 aromatic heterocycles. The highest BCUT2D eigenvalue weighted by atomic mass is 16.5. The lowest BCUT2D eigenvalue weighted by molar-refractivity contribution is -0.133. The van der Waals surface area contributed by atoms with Crippen LogP contribution >= 0.6 is 0 Å². The van der Waals surface area contributed by atoms with Gasteiger partial charge in [-0.25, -0.2) is 9.59 Å². The van der Waals surface area contributed by atoms with E-state index in [1.54, 1.807) is 0 Å². The molecule has 1 aliphatic rings. The van der Waals surface area contributed by atoms with Crippen LogP contribution in [0, 0.1) is 0 Å². The number of carbonyl (C=O) groups is 3. The third-order valence-electron chi connectivity index (χ3n) is 3.16. The Bertz CT molecular complexity index is 467. The van der Waals surface area contributed by atoms with Gasteiger partial charge in [0.2, 0.25) is 0 Å². The Hall–Kier alpha value is -1.89. The van der Waals surface area contributed by atoms with Crippen LogP contribution in [0.15, 0.2) is 11.1 Å². The number of hydrogen-bond donors (Lipinski definition) is 2. The Morgan fingerprint density at radius 2 is 1.80 bits per heavy atom. The van der Waals surface area contributed by atoms with Crippen molar-refractivity contribution in [1.82, 2.24) is 10.2 Å². The van der Waals surface area contributed by atoms with E-state index in [1.807, 2.05) is 13.8 Å². The summed E-state index contributed by atoms with van der Waals surface area (Å²) in [5.74, 6) is -1.88. The maximum absolute atomic E-state index is 12.0. The van der Waals surface area contributed by atoms with Crippen molar-refractivity contribution in [3.63, 3.8) is 0 Å². The monoisotopic (exact) mass is 284 g/mol. The Kier molecular flexibility index (Phi) is 4.88. The number of hydrogen-bond acceptors (Lipinski definition) is 4. The van der Waals surface area contributed by atoms with Crippen LogP contribution in [-0.2, 0) is 14.3 Å². The molecule has 7 heteroatoms. The van der Waals surface area contributed by atoms with E-state index in [0.29, 0.717) is 19.7 Å². The quantitative estimate of drug-likeness (QED) is 0.730. The summed E-state index contributed by atoms with van der Waals surface area (Å²) in [7, 11) is 0. The first kappa shape index (κ1) is 16.2. The molecule has 0 aromatic rings. The number of carbonyl (C=O) groups excluding carboxylic acids is 2. The lowest BCUT2D eigenvalue weighted by atomic mass is 10.1. The lowest BCUT2D eigenvalue weighted by Gasteiger charge is -2.37. The molecular weight excluding hydrogens is 264 g/mol. The zero-order valence-electron chi connectivity index (χ0n) is 12.1. The number of ether oxygens (including phenoxy) is 1. The van der Waals surface area contributed by atoms with Crippen LogP contribution in [0.2, 0.25) is 0 Å². The van der Waals surface area contributed by atoms with Gasteiger partial charge in [0.05, 0.1) is 18.8 Å². The highest BCUT2D eigenvalue weighted by Crippen LogP contribution is 2.16. The topological polar surface area (TPSA) is 95.9 Å². The highest BCUT2D eigenvalue weighted by Gasteiger charge is 2.30. The van der Waals surface area contributed by atoms with E-state index >= 15 is 0 Å². The van der Waals surface area contributed by atoms with Gasteiger partial charge >= 0.3 is 12.0 Å². The van der Waals surface area contributed by atoms with Gasteiger partial charge in [-0.15, -0.1) is 0 Å². The van der Waals surface area contributed by atoms with Gasteiger partial charge in [0.1, 0.15) is 0 Å². The normalized spacial score (nSPS) is 19.1. The third kappa shape index (κ3) is 4.06. The van der Waals surface area contributed by atoms with Gasteiger partial charge in [-0.2, -0.15) is 0 Å². The minimum Gasteiger partial charge on any atom is -0.478 e. The van der Waals surface area contributed by atoms with Crippen molar-refractivity contribution in [2.75, 3.05) is 19.7 Å². The van der Waals surface area contributed by atoms with Crippen LogP contribution in [0.25, 0.3) is 0 Å². The number of carboxylic acids is 1. The van der Waals surface area contributed by atoms with Crippen LogP contribution in [0.4, 0.5) is 4.79 Å². The van der Waals surface area contributed by atoms with Gasteiger partial charge in [-0.3, -0.25) is 10.1 Å². The summed E-state index contributed by atoms with van der Waals surface area (Å²) in [6.45, 7) is 7.56. The van der Waals surface area contributed by atoms with Crippen LogP contribution in [0.3, 0.4) is 0 Å². The van der Waals surface area contributed by atoms with Crippen molar-refractivity contribution in [2.24, 2.45) is 0 Å². The predicted molar refractivity (Wildman–Crippen MR) is 71.2 cm³/mol. The fourth-order valence-corrected chi connectivity index (χ4v) is 1.79. The van der Waals surface area contributed by atoms with E-state index in [0.717, 1.165) is 0 Å². The van der Waals surface area contributed by atoms with Crippen molar-refractivity contribution in [3.8, 4) is 0 Å². The summed E-state index contributed by atoms with van der Waals surface area (Å²) in [6.07, 6.45) is 0. The van der Waals surface area contributed by atoms with Crippen molar-refractivity contribution < 1.29 is 24.2 Å². The summed E-state index contributed by atoms with van der Waals surface area (Å²) < 4.78 is 5.47. The number of imide groups is 1. The molecular formula is C13H20N2O5. The maximum atomic E-state index is 12.0. The molecule has 112 valence electrons. The fourth-order valence-electron chi connectivity index (χ4n) is 1.79. The highest BCUT2D eigenvalue weighted by molar-refractivity contribution is 6.07. The molecule has 0 radical (unpaired) electrons. The largest absolute Gasteiger partial charge is 0.478 e. The molecule has 0 saturated carbocycles. The molecule has 0 aliphatic carbocycles. The van der Waals surface area contributed by atoms with Crippen LogP contribution in [0.1, 0.15) is 27.7 Å². The predicted octanol–water partition coefficient (Wildman–Crippen LogP) is 0.754. The summed E-state index contributed by atoms with van der Waals surface area (Å²) in [4.78, 5) is 36.0.